The molecule has 2 aromatic rings. The van der Waals surface area contributed by atoms with Crippen LogP contribution in [0, 0.1) is 0 Å². The van der Waals surface area contributed by atoms with E-state index in [-0.39, 0.29) is 12.0 Å². The van der Waals surface area contributed by atoms with E-state index >= 15 is 0 Å². The smallest absolute Gasteiger partial charge is 0.256 e. The van der Waals surface area contributed by atoms with Crippen molar-refractivity contribution in [2.24, 2.45) is 0 Å². The first-order valence-corrected chi connectivity index (χ1v) is 8.84. The molecule has 2 heterocycles. The lowest BCUT2D eigenvalue weighted by atomic mass is 9.99. The van der Waals surface area contributed by atoms with Gasteiger partial charge in [0.1, 0.15) is 5.03 Å². The molecule has 1 aromatic carbocycles. The predicted octanol–water partition coefficient (Wildman–Crippen LogP) is 3.02. The molecule has 0 saturated heterocycles. The third kappa shape index (κ3) is 3.57. The number of carbonyl (C=O) groups is 1. The molecular formula is C18H20N2O2S. The van der Waals surface area contributed by atoms with Crippen LogP contribution in [0.15, 0.2) is 47.6 Å². The summed E-state index contributed by atoms with van der Waals surface area (Å²) in [5, 5.41) is 0.763. The van der Waals surface area contributed by atoms with Gasteiger partial charge in [-0.05, 0) is 29.5 Å². The molecular weight excluding hydrogens is 308 g/mol. The van der Waals surface area contributed by atoms with E-state index in [1.165, 1.54) is 22.9 Å². The zero-order valence-corrected chi connectivity index (χ0v) is 14.2. The van der Waals surface area contributed by atoms with Crippen molar-refractivity contribution in [1.82, 2.24) is 9.88 Å². The summed E-state index contributed by atoms with van der Waals surface area (Å²) in [7, 11) is 1.82. The minimum Gasteiger partial charge on any atom is -0.371 e. The van der Waals surface area contributed by atoms with Crippen LogP contribution in [0.1, 0.15) is 21.5 Å². The number of carbonyl (C=O) groups excluding carboxylic acids is 1. The van der Waals surface area contributed by atoms with Crippen LogP contribution in [-0.4, -0.2) is 41.7 Å². The topological polar surface area (TPSA) is 42.4 Å². The Morgan fingerprint density at radius 2 is 2.09 bits per heavy atom. The molecule has 120 valence electrons. The van der Waals surface area contributed by atoms with Gasteiger partial charge < -0.3 is 9.64 Å². The van der Waals surface area contributed by atoms with Crippen LogP contribution in [0.2, 0.25) is 0 Å². The number of rotatable bonds is 4. The molecule has 3 rings (SSSR count). The summed E-state index contributed by atoms with van der Waals surface area (Å²) in [4.78, 5) is 18.7. The molecule has 1 aromatic heterocycles. The fourth-order valence-corrected chi connectivity index (χ4v) is 3.38. The number of ether oxygens (including phenoxy) is 1. The number of hydrogen-bond acceptors (Lipinski definition) is 4. The Morgan fingerprint density at radius 3 is 2.87 bits per heavy atom. The van der Waals surface area contributed by atoms with Crippen molar-refractivity contribution in [3.05, 3.63) is 59.3 Å². The number of benzene rings is 1. The lowest BCUT2D eigenvalue weighted by Gasteiger charge is -2.29. The summed E-state index contributed by atoms with van der Waals surface area (Å²) in [5.74, 6) is -0.00934. The van der Waals surface area contributed by atoms with Crippen LogP contribution in [0.5, 0.6) is 0 Å². The molecule has 0 bridgehead atoms. The highest BCUT2D eigenvalue weighted by Gasteiger charge is 2.23. The fourth-order valence-electron chi connectivity index (χ4n) is 2.84. The summed E-state index contributed by atoms with van der Waals surface area (Å²) in [5.41, 5.74) is 3.21. The Morgan fingerprint density at radius 1 is 1.30 bits per heavy atom. The fraction of sp³-hybridized carbons (Fsp3) is 0.333. The quantitative estimate of drug-likeness (QED) is 0.809. The Kier molecular flexibility index (Phi) is 4.98. The van der Waals surface area contributed by atoms with E-state index in [0.29, 0.717) is 18.7 Å². The summed E-state index contributed by atoms with van der Waals surface area (Å²) >= 11 is 1.49. The first-order valence-electron chi connectivity index (χ1n) is 7.62. The molecule has 0 aliphatic carbocycles. The number of thioether (sulfide) groups is 1. The van der Waals surface area contributed by atoms with Crippen LogP contribution >= 0.6 is 11.8 Å². The lowest BCUT2D eigenvalue weighted by Crippen LogP contribution is -2.38. The second-order valence-corrected chi connectivity index (χ2v) is 6.45. The molecule has 1 amide bonds. The summed E-state index contributed by atoms with van der Waals surface area (Å²) in [6, 6.07) is 11.9. The molecule has 0 N–H and O–H groups in total. The van der Waals surface area contributed by atoms with E-state index in [1.54, 1.807) is 17.2 Å². The molecule has 0 radical (unpaired) electrons. The summed E-state index contributed by atoms with van der Waals surface area (Å²) < 4.78 is 5.90. The Bertz CT molecular complexity index is 705. The van der Waals surface area contributed by atoms with Gasteiger partial charge >= 0.3 is 0 Å². The Balaban J connectivity index is 1.68. The van der Waals surface area contributed by atoms with Gasteiger partial charge in [-0.2, -0.15) is 0 Å². The molecule has 1 aliphatic heterocycles. The zero-order valence-electron chi connectivity index (χ0n) is 13.4. The normalized spacial score (nSPS) is 16.7. The molecule has 0 spiro atoms. The van der Waals surface area contributed by atoms with Crippen LogP contribution in [0.4, 0.5) is 0 Å². The van der Waals surface area contributed by atoms with Gasteiger partial charge in [-0.3, -0.25) is 4.79 Å². The van der Waals surface area contributed by atoms with Gasteiger partial charge in [-0.15, -0.1) is 11.8 Å². The van der Waals surface area contributed by atoms with Gasteiger partial charge in [0.2, 0.25) is 0 Å². The molecule has 0 saturated carbocycles. The van der Waals surface area contributed by atoms with Crippen molar-refractivity contribution in [1.29, 1.82) is 0 Å². The number of amides is 1. The van der Waals surface area contributed by atoms with Crippen molar-refractivity contribution in [3.63, 3.8) is 0 Å². The zero-order chi connectivity index (χ0) is 16.2. The average molecular weight is 328 g/mol. The number of hydrogen-bond donors (Lipinski definition) is 0. The first kappa shape index (κ1) is 16.0. The maximum atomic E-state index is 12.7. The maximum absolute atomic E-state index is 12.7. The lowest BCUT2D eigenvalue weighted by molar-refractivity contribution is 0.00975. The van der Waals surface area contributed by atoms with Gasteiger partial charge in [-0.1, -0.05) is 24.3 Å². The standard InChI is InChI=1S/C18H20N2O2S/c1-20(18(21)16-8-5-9-19-17(16)23-2)11-15-10-13-6-3-4-7-14(13)12-22-15/h3-9,15H,10-12H2,1-2H3. The molecule has 1 unspecified atom stereocenters. The van der Waals surface area contributed by atoms with Crippen LogP contribution < -0.4 is 0 Å². The van der Waals surface area contributed by atoms with Gasteiger partial charge in [0.05, 0.1) is 18.3 Å². The van der Waals surface area contributed by atoms with Crippen molar-refractivity contribution >= 4 is 17.7 Å². The molecule has 1 atom stereocenters. The van der Waals surface area contributed by atoms with E-state index in [0.717, 1.165) is 11.4 Å². The van der Waals surface area contributed by atoms with Crippen molar-refractivity contribution < 1.29 is 9.53 Å². The molecule has 5 heteroatoms. The maximum Gasteiger partial charge on any atom is 0.256 e. The minimum atomic E-state index is -0.00934. The number of likely N-dealkylation sites (N-methyl/N-ethyl adjacent to an activating group) is 1. The van der Waals surface area contributed by atoms with E-state index < -0.39 is 0 Å². The molecule has 1 aliphatic rings. The number of aromatic nitrogens is 1. The third-order valence-corrected chi connectivity index (χ3v) is 4.77. The highest BCUT2D eigenvalue weighted by molar-refractivity contribution is 7.98. The molecule has 0 fully saturated rings. The minimum absolute atomic E-state index is 0.00934. The van der Waals surface area contributed by atoms with Crippen LogP contribution in [0.25, 0.3) is 0 Å². The summed E-state index contributed by atoms with van der Waals surface area (Å²) in [6.45, 7) is 1.20. The van der Waals surface area contributed by atoms with E-state index in [1.807, 2.05) is 25.4 Å². The number of fused-ring (bicyclic) bond motifs is 1. The molecule has 4 nitrogen and oxygen atoms in total. The second kappa shape index (κ2) is 7.15. The van der Waals surface area contributed by atoms with Crippen molar-refractivity contribution in [3.8, 4) is 0 Å². The van der Waals surface area contributed by atoms with Gasteiger partial charge in [0.25, 0.3) is 5.91 Å². The first-order chi connectivity index (χ1) is 11.2. The van der Waals surface area contributed by atoms with Crippen LogP contribution in [0.3, 0.4) is 0 Å². The Hall–Kier alpha value is -1.85. The highest BCUT2D eigenvalue weighted by atomic mass is 32.2. The monoisotopic (exact) mass is 328 g/mol. The number of nitrogens with zero attached hydrogens (tertiary/aromatic N) is 2. The van der Waals surface area contributed by atoms with Crippen molar-refractivity contribution in [2.45, 2.75) is 24.2 Å². The van der Waals surface area contributed by atoms with Gasteiger partial charge in [-0.25, -0.2) is 4.98 Å². The predicted molar refractivity (Wildman–Crippen MR) is 91.7 cm³/mol. The van der Waals surface area contributed by atoms with E-state index in [9.17, 15) is 4.79 Å². The van der Waals surface area contributed by atoms with Gasteiger partial charge in [0, 0.05) is 26.2 Å². The molecule has 23 heavy (non-hydrogen) atoms. The van der Waals surface area contributed by atoms with E-state index in [4.69, 9.17) is 4.74 Å². The van der Waals surface area contributed by atoms with Gasteiger partial charge in [0.15, 0.2) is 0 Å². The largest absolute Gasteiger partial charge is 0.371 e. The van der Waals surface area contributed by atoms with E-state index in [2.05, 4.69) is 23.2 Å². The van der Waals surface area contributed by atoms with Crippen LogP contribution in [-0.2, 0) is 17.8 Å². The second-order valence-electron chi connectivity index (χ2n) is 5.65. The Labute approximate surface area is 140 Å². The SMILES string of the molecule is CSc1ncccc1C(=O)N(C)CC1Cc2ccccc2CO1. The highest BCUT2D eigenvalue weighted by Crippen LogP contribution is 2.22. The number of pyridine rings is 1. The van der Waals surface area contributed by atoms with Crippen molar-refractivity contribution in [2.75, 3.05) is 19.8 Å². The average Bonchev–Trinajstić information content (AvgIpc) is 2.60. The summed E-state index contributed by atoms with van der Waals surface area (Å²) in [6.07, 6.45) is 4.52. The third-order valence-electron chi connectivity index (χ3n) is 4.06.